The zero-order valence-electron chi connectivity index (χ0n) is 11.7. The van der Waals surface area contributed by atoms with Crippen molar-refractivity contribution in [3.8, 4) is 0 Å². The van der Waals surface area contributed by atoms with E-state index in [0.717, 1.165) is 33.1 Å². The quantitative estimate of drug-likeness (QED) is 0.463. The third-order valence-electron chi connectivity index (χ3n) is 3.26. The van der Waals surface area contributed by atoms with E-state index >= 15 is 0 Å². The van der Waals surface area contributed by atoms with Gasteiger partial charge in [-0.2, -0.15) is 18.3 Å². The summed E-state index contributed by atoms with van der Waals surface area (Å²) >= 11 is 3.40. The first-order valence-corrected chi connectivity index (χ1v) is 7.46. The van der Waals surface area contributed by atoms with Gasteiger partial charge in [0.25, 0.3) is 0 Å². The molecule has 3 rings (SSSR count). The van der Waals surface area contributed by atoms with E-state index in [-0.39, 0.29) is 5.69 Å². The van der Waals surface area contributed by atoms with Crippen LogP contribution in [0.4, 0.5) is 18.9 Å². The number of fused-ring (bicyclic) bond motifs is 1. The van der Waals surface area contributed by atoms with Crippen LogP contribution in [0.3, 0.4) is 0 Å². The highest BCUT2D eigenvalue weighted by Crippen LogP contribution is 2.30. The maximum absolute atomic E-state index is 12.7. The van der Waals surface area contributed by atoms with E-state index in [9.17, 15) is 13.2 Å². The molecule has 1 heterocycles. The van der Waals surface area contributed by atoms with Gasteiger partial charge in [-0.05, 0) is 36.4 Å². The number of halogens is 4. The topological polar surface area (TPSA) is 40.2 Å². The SMILES string of the molecule is FC(F)(F)c1cccc(N/N=C/c2c[nH]c3ccc(Br)cc23)c1. The van der Waals surface area contributed by atoms with Crippen LogP contribution in [0.1, 0.15) is 11.1 Å². The van der Waals surface area contributed by atoms with Gasteiger partial charge in [0.15, 0.2) is 0 Å². The Balaban J connectivity index is 1.80. The summed E-state index contributed by atoms with van der Waals surface area (Å²) in [5, 5.41) is 4.98. The molecular weight excluding hydrogens is 371 g/mol. The number of aromatic nitrogens is 1. The average Bonchev–Trinajstić information content (AvgIpc) is 2.89. The van der Waals surface area contributed by atoms with Crippen molar-refractivity contribution < 1.29 is 13.2 Å². The molecule has 0 bridgehead atoms. The average molecular weight is 382 g/mol. The molecule has 0 aliphatic heterocycles. The molecular formula is C16H11BrF3N3. The zero-order valence-corrected chi connectivity index (χ0v) is 13.2. The van der Waals surface area contributed by atoms with Crippen LogP contribution >= 0.6 is 15.9 Å². The van der Waals surface area contributed by atoms with E-state index in [4.69, 9.17) is 0 Å². The second kappa shape index (κ2) is 6.08. The van der Waals surface area contributed by atoms with E-state index in [1.54, 1.807) is 12.4 Å². The first-order valence-electron chi connectivity index (χ1n) is 6.66. The van der Waals surface area contributed by atoms with Gasteiger partial charge in [0.2, 0.25) is 0 Å². The molecule has 2 aromatic carbocycles. The monoisotopic (exact) mass is 381 g/mol. The molecule has 118 valence electrons. The second-order valence-electron chi connectivity index (χ2n) is 4.88. The van der Waals surface area contributed by atoms with Crippen LogP contribution in [0.25, 0.3) is 10.9 Å². The number of rotatable bonds is 3. The summed E-state index contributed by atoms with van der Waals surface area (Å²) in [6.45, 7) is 0. The maximum Gasteiger partial charge on any atom is 0.416 e. The summed E-state index contributed by atoms with van der Waals surface area (Å²) < 4.78 is 38.9. The van der Waals surface area contributed by atoms with Gasteiger partial charge in [0, 0.05) is 27.1 Å². The Morgan fingerprint density at radius 2 is 1.96 bits per heavy atom. The molecule has 0 saturated heterocycles. The minimum Gasteiger partial charge on any atom is -0.361 e. The number of benzene rings is 2. The van der Waals surface area contributed by atoms with E-state index in [1.807, 2.05) is 18.2 Å². The lowest BCUT2D eigenvalue weighted by Gasteiger charge is -2.07. The van der Waals surface area contributed by atoms with Crippen molar-refractivity contribution in [1.29, 1.82) is 0 Å². The van der Waals surface area contributed by atoms with Crippen LogP contribution in [0, 0.1) is 0 Å². The number of nitrogens with zero attached hydrogens (tertiary/aromatic N) is 1. The maximum atomic E-state index is 12.7. The summed E-state index contributed by atoms with van der Waals surface area (Å²) in [5.41, 5.74) is 3.97. The smallest absolute Gasteiger partial charge is 0.361 e. The van der Waals surface area contributed by atoms with Gasteiger partial charge < -0.3 is 4.98 Å². The predicted octanol–water partition coefficient (Wildman–Crippen LogP) is 5.40. The molecule has 0 aliphatic rings. The zero-order chi connectivity index (χ0) is 16.4. The van der Waals surface area contributed by atoms with Crippen molar-refractivity contribution >= 4 is 38.7 Å². The Morgan fingerprint density at radius 3 is 2.74 bits per heavy atom. The molecule has 0 spiro atoms. The number of nitrogens with one attached hydrogen (secondary N) is 2. The molecule has 0 saturated carbocycles. The Kier molecular flexibility index (Phi) is 4.12. The number of hydrazone groups is 1. The molecule has 0 aliphatic carbocycles. The first-order chi connectivity index (χ1) is 10.9. The molecule has 0 fully saturated rings. The largest absolute Gasteiger partial charge is 0.416 e. The fraction of sp³-hybridized carbons (Fsp3) is 0.0625. The summed E-state index contributed by atoms with van der Waals surface area (Å²) in [4.78, 5) is 3.10. The minimum absolute atomic E-state index is 0.275. The summed E-state index contributed by atoms with van der Waals surface area (Å²) in [6, 6.07) is 10.7. The number of hydrogen-bond donors (Lipinski definition) is 2. The number of anilines is 1. The number of hydrogen-bond acceptors (Lipinski definition) is 2. The summed E-state index contributed by atoms with van der Waals surface area (Å²) in [6.07, 6.45) is -1.02. The molecule has 0 unspecified atom stereocenters. The van der Waals surface area contributed by atoms with E-state index in [1.165, 1.54) is 12.1 Å². The molecule has 3 nitrogen and oxygen atoms in total. The molecule has 7 heteroatoms. The Hall–Kier alpha value is -2.28. The van der Waals surface area contributed by atoms with Gasteiger partial charge in [0.05, 0.1) is 17.5 Å². The predicted molar refractivity (Wildman–Crippen MR) is 88.7 cm³/mol. The second-order valence-corrected chi connectivity index (χ2v) is 5.80. The Morgan fingerprint density at radius 1 is 1.13 bits per heavy atom. The number of alkyl halides is 3. The van der Waals surface area contributed by atoms with Crippen LogP contribution in [0.5, 0.6) is 0 Å². The minimum atomic E-state index is -4.37. The third kappa shape index (κ3) is 3.56. The normalized spacial score (nSPS) is 12.2. The highest BCUT2D eigenvalue weighted by atomic mass is 79.9. The Labute approximate surface area is 138 Å². The van der Waals surface area contributed by atoms with Gasteiger partial charge >= 0.3 is 6.18 Å². The van der Waals surface area contributed by atoms with Crippen molar-refractivity contribution in [3.63, 3.8) is 0 Å². The molecule has 3 aromatic rings. The van der Waals surface area contributed by atoms with Crippen molar-refractivity contribution in [2.24, 2.45) is 5.10 Å². The highest BCUT2D eigenvalue weighted by molar-refractivity contribution is 9.10. The first kappa shape index (κ1) is 15.6. The fourth-order valence-corrected chi connectivity index (χ4v) is 2.52. The van der Waals surface area contributed by atoms with Crippen molar-refractivity contribution in [1.82, 2.24) is 4.98 Å². The number of H-pyrrole nitrogens is 1. The molecule has 1 aromatic heterocycles. The van der Waals surface area contributed by atoms with Crippen LogP contribution in [0.15, 0.2) is 58.2 Å². The Bertz CT molecular complexity index is 868. The standard InChI is InChI=1S/C16H11BrF3N3/c17-12-4-5-15-14(7-12)10(8-21-15)9-22-23-13-3-1-2-11(6-13)16(18,19)20/h1-9,21,23H/b22-9+. The van der Waals surface area contributed by atoms with Crippen molar-refractivity contribution in [2.75, 3.05) is 5.43 Å². The third-order valence-corrected chi connectivity index (χ3v) is 3.76. The lowest BCUT2D eigenvalue weighted by atomic mass is 10.2. The molecule has 23 heavy (non-hydrogen) atoms. The van der Waals surface area contributed by atoms with Gasteiger partial charge in [-0.1, -0.05) is 22.0 Å². The van der Waals surface area contributed by atoms with Gasteiger partial charge in [-0.3, -0.25) is 5.43 Å². The van der Waals surface area contributed by atoms with Crippen LogP contribution in [0.2, 0.25) is 0 Å². The van der Waals surface area contributed by atoms with Crippen molar-refractivity contribution in [2.45, 2.75) is 6.18 Å². The van der Waals surface area contributed by atoms with Gasteiger partial charge in [0.1, 0.15) is 0 Å². The fourth-order valence-electron chi connectivity index (χ4n) is 2.16. The van der Waals surface area contributed by atoms with Crippen molar-refractivity contribution in [3.05, 3.63) is 64.3 Å². The van der Waals surface area contributed by atoms with Gasteiger partial charge in [-0.25, -0.2) is 0 Å². The van der Waals surface area contributed by atoms with E-state index in [2.05, 4.69) is 31.4 Å². The summed E-state index contributed by atoms with van der Waals surface area (Å²) in [5.74, 6) is 0. The molecule has 2 N–H and O–H groups in total. The molecule has 0 atom stereocenters. The highest BCUT2D eigenvalue weighted by Gasteiger charge is 2.30. The van der Waals surface area contributed by atoms with E-state index in [0.29, 0.717) is 0 Å². The molecule has 0 amide bonds. The van der Waals surface area contributed by atoms with Crippen LogP contribution in [-0.2, 0) is 6.18 Å². The summed E-state index contributed by atoms with van der Waals surface area (Å²) in [7, 11) is 0. The number of aromatic amines is 1. The van der Waals surface area contributed by atoms with Gasteiger partial charge in [-0.15, -0.1) is 0 Å². The lowest BCUT2D eigenvalue weighted by Crippen LogP contribution is -2.05. The lowest BCUT2D eigenvalue weighted by molar-refractivity contribution is -0.137. The molecule has 0 radical (unpaired) electrons. The van der Waals surface area contributed by atoms with Crippen LogP contribution in [-0.4, -0.2) is 11.2 Å². The van der Waals surface area contributed by atoms with Crippen LogP contribution < -0.4 is 5.43 Å². The van der Waals surface area contributed by atoms with E-state index < -0.39 is 11.7 Å².